The molecular weight excluding hydrogens is 691 g/mol. The van der Waals surface area contributed by atoms with Gasteiger partial charge in [-0.25, -0.2) is 0 Å². The largest absolute Gasteiger partial charge is 0.256 e. The first-order valence-electron chi connectivity index (χ1n) is 21.1. The second-order valence-corrected chi connectivity index (χ2v) is 21.9. The highest BCUT2D eigenvalue weighted by Crippen LogP contribution is 2.78. The van der Waals surface area contributed by atoms with E-state index in [1.807, 2.05) is 12.4 Å². The first-order chi connectivity index (χ1) is 26.5. The van der Waals surface area contributed by atoms with Crippen LogP contribution >= 0.6 is 17.2 Å². The first kappa shape index (κ1) is 34.1. The average molecular weight is 745 g/mol. The maximum absolute atomic E-state index is 5.08. The Balaban J connectivity index is 1.20. The lowest BCUT2D eigenvalue weighted by Crippen LogP contribution is -2.64. The lowest BCUT2D eigenvalue weighted by molar-refractivity contribution is -0.158. The van der Waals surface area contributed by atoms with E-state index >= 15 is 0 Å². The van der Waals surface area contributed by atoms with Crippen molar-refractivity contribution in [3.8, 4) is 22.3 Å². The number of pyridine rings is 2. The van der Waals surface area contributed by atoms with Gasteiger partial charge in [0.05, 0.1) is 10.9 Å². The van der Waals surface area contributed by atoms with Crippen LogP contribution in [0.3, 0.4) is 0 Å². The smallest absolute Gasteiger partial charge is 0.0695 e. The van der Waals surface area contributed by atoms with E-state index in [0.717, 1.165) is 41.7 Å². The Morgan fingerprint density at radius 1 is 0.519 bits per heavy atom. The Bertz CT molecular complexity index is 1980. The van der Waals surface area contributed by atoms with Gasteiger partial charge in [-0.1, -0.05) is 72.8 Å². The molecule has 1 atom stereocenters. The summed E-state index contributed by atoms with van der Waals surface area (Å²) in [6.07, 6.45) is 22.5. The summed E-state index contributed by atoms with van der Waals surface area (Å²) in [5.74, 6) is 5.44. The van der Waals surface area contributed by atoms with Gasteiger partial charge in [-0.15, -0.1) is 9.24 Å². The number of hydrogen-bond acceptors (Lipinski definition) is 2. The molecule has 0 N–H and O–H groups in total. The van der Waals surface area contributed by atoms with Gasteiger partial charge in [0.2, 0.25) is 0 Å². The molecule has 8 aliphatic carbocycles. The molecule has 0 aliphatic heterocycles. The molecule has 13 rings (SSSR count). The molecule has 0 spiro atoms. The molecule has 0 amide bonds. The molecule has 8 saturated carbocycles. The number of nitrogens with zero attached hydrogens (tertiary/aromatic N) is 2. The molecule has 2 nitrogen and oxygen atoms in total. The minimum absolute atomic E-state index is 0.0232. The van der Waals surface area contributed by atoms with Crippen LogP contribution in [0.5, 0.6) is 0 Å². The van der Waals surface area contributed by atoms with Crippen molar-refractivity contribution in [3.05, 3.63) is 133 Å². The quantitative estimate of drug-likeness (QED) is 0.140. The Labute approximate surface area is 326 Å². The summed E-state index contributed by atoms with van der Waals surface area (Å²) in [7, 11) is 3.09. The van der Waals surface area contributed by atoms with Gasteiger partial charge in [0.25, 0.3) is 0 Å². The summed E-state index contributed by atoms with van der Waals surface area (Å²) in [6.45, 7) is 0. The van der Waals surface area contributed by atoms with Gasteiger partial charge < -0.3 is 0 Å². The van der Waals surface area contributed by atoms with Crippen LogP contribution in [0.1, 0.15) is 88.2 Å². The zero-order chi connectivity index (χ0) is 35.9. The SMILES string of the molecule is PC(c1cc(-c2ccccc2)c(-c2ccccc2)cc1CP(c1ccccn1)c1ccccn1)(C12CC3CC(CC(C3)C1)C2)C12CC3CC(CC(C3)C1)C2. The molecule has 5 aromatic rings. The van der Waals surface area contributed by atoms with Gasteiger partial charge in [0, 0.05) is 31.6 Å². The summed E-state index contributed by atoms with van der Waals surface area (Å²) < 4.78 is 0. The normalized spacial score (nSPS) is 32.9. The van der Waals surface area contributed by atoms with Gasteiger partial charge in [0.15, 0.2) is 0 Å². The van der Waals surface area contributed by atoms with Crippen LogP contribution in [-0.4, -0.2) is 9.97 Å². The zero-order valence-corrected chi connectivity index (χ0v) is 33.7. The van der Waals surface area contributed by atoms with Gasteiger partial charge in [-0.2, -0.15) is 0 Å². The van der Waals surface area contributed by atoms with Crippen molar-refractivity contribution in [2.24, 2.45) is 46.3 Å². The standard InChI is InChI=1S/C50H54N2P2/c53-50(48-27-34-19-35(28-48)21-36(20-34)29-48,49-30-37-22-38(31-49)24-39(23-37)32-49)45-26-44(41-13-5-2-6-14-41)43(40-11-3-1-4-12-40)25-42(45)33-54(46-15-7-9-17-51-46)47-16-8-10-18-52-47/h1-18,25-26,34-39H,19-24,27-33,53H2. The van der Waals surface area contributed by atoms with Crippen molar-refractivity contribution in [1.29, 1.82) is 0 Å². The summed E-state index contributed by atoms with van der Waals surface area (Å²) >= 11 is 0. The number of aromatic nitrogens is 2. The molecule has 3 aromatic carbocycles. The van der Waals surface area contributed by atoms with Crippen LogP contribution in [0.25, 0.3) is 22.3 Å². The highest BCUT2D eigenvalue weighted by atomic mass is 31.1. The van der Waals surface area contributed by atoms with Crippen LogP contribution in [0.15, 0.2) is 122 Å². The zero-order valence-electron chi connectivity index (χ0n) is 31.6. The minimum Gasteiger partial charge on any atom is -0.256 e. The van der Waals surface area contributed by atoms with Crippen molar-refractivity contribution in [1.82, 2.24) is 9.97 Å². The molecule has 0 radical (unpaired) electrons. The van der Waals surface area contributed by atoms with Crippen LogP contribution in [0, 0.1) is 46.3 Å². The van der Waals surface area contributed by atoms with Crippen molar-refractivity contribution in [2.75, 3.05) is 0 Å². The van der Waals surface area contributed by atoms with Gasteiger partial charge in [-0.05, 0) is 193 Å². The molecular formula is C50H54N2P2. The Morgan fingerprint density at radius 2 is 0.907 bits per heavy atom. The minimum atomic E-state index is -0.834. The fourth-order valence-corrected chi connectivity index (χ4v) is 17.7. The Morgan fingerprint density at radius 3 is 1.30 bits per heavy atom. The van der Waals surface area contributed by atoms with Crippen molar-refractivity contribution >= 4 is 28.0 Å². The van der Waals surface area contributed by atoms with Crippen LogP contribution in [-0.2, 0) is 11.3 Å². The third-order valence-electron chi connectivity index (χ3n) is 15.8. The molecule has 274 valence electrons. The van der Waals surface area contributed by atoms with E-state index in [9.17, 15) is 0 Å². The second-order valence-electron chi connectivity index (χ2n) is 19.0. The van der Waals surface area contributed by atoms with E-state index < -0.39 is 7.92 Å². The van der Waals surface area contributed by atoms with E-state index in [-0.39, 0.29) is 5.16 Å². The summed E-state index contributed by atoms with van der Waals surface area (Å²) in [5, 5.41) is 0.0232. The average Bonchev–Trinajstić information content (AvgIpc) is 3.19. The fraction of sp³-hybridized carbons (Fsp3) is 0.440. The van der Waals surface area contributed by atoms with Crippen molar-refractivity contribution in [2.45, 2.75) is 88.4 Å². The number of hydrogen-bond donors (Lipinski definition) is 0. The van der Waals surface area contributed by atoms with Crippen LogP contribution in [0.2, 0.25) is 0 Å². The molecule has 8 bridgehead atoms. The molecule has 1 unspecified atom stereocenters. The highest BCUT2D eigenvalue weighted by Gasteiger charge is 2.69. The lowest BCUT2D eigenvalue weighted by Gasteiger charge is -2.72. The third kappa shape index (κ3) is 5.47. The van der Waals surface area contributed by atoms with Crippen LogP contribution < -0.4 is 10.9 Å². The van der Waals surface area contributed by atoms with Crippen LogP contribution in [0.4, 0.5) is 0 Å². The molecule has 54 heavy (non-hydrogen) atoms. The van der Waals surface area contributed by atoms with E-state index in [4.69, 9.17) is 9.97 Å². The maximum Gasteiger partial charge on any atom is 0.0695 e. The van der Waals surface area contributed by atoms with Gasteiger partial charge >= 0.3 is 0 Å². The topological polar surface area (TPSA) is 25.8 Å². The molecule has 0 saturated heterocycles. The molecule has 8 fully saturated rings. The Kier molecular flexibility index (Phi) is 8.34. The summed E-state index contributed by atoms with van der Waals surface area (Å²) in [6, 6.07) is 41.2. The predicted octanol–water partition coefficient (Wildman–Crippen LogP) is 11.9. The maximum atomic E-state index is 5.08. The highest BCUT2D eigenvalue weighted by molar-refractivity contribution is 7.71. The van der Waals surface area contributed by atoms with E-state index in [0.29, 0.717) is 10.8 Å². The van der Waals surface area contributed by atoms with Gasteiger partial charge in [-0.3, -0.25) is 9.97 Å². The monoisotopic (exact) mass is 744 g/mol. The second kappa shape index (κ2) is 13.2. The van der Waals surface area contributed by atoms with E-state index in [2.05, 4.69) is 118 Å². The third-order valence-corrected chi connectivity index (χ3v) is 19.6. The first-order valence-corrected chi connectivity index (χ1v) is 23.2. The van der Waals surface area contributed by atoms with E-state index in [1.165, 1.54) is 110 Å². The predicted molar refractivity (Wildman–Crippen MR) is 228 cm³/mol. The summed E-state index contributed by atoms with van der Waals surface area (Å²) in [5.41, 5.74) is 11.7. The van der Waals surface area contributed by atoms with Crippen molar-refractivity contribution < 1.29 is 0 Å². The number of benzene rings is 3. The summed E-state index contributed by atoms with van der Waals surface area (Å²) in [4.78, 5) is 10.2. The Hall–Kier alpha value is -3.18. The fourth-order valence-electron chi connectivity index (χ4n) is 14.7. The molecule has 4 heteroatoms. The lowest BCUT2D eigenvalue weighted by atomic mass is 9.37. The molecule has 2 aromatic heterocycles. The van der Waals surface area contributed by atoms with Crippen molar-refractivity contribution in [3.63, 3.8) is 0 Å². The molecule has 8 aliphatic rings. The van der Waals surface area contributed by atoms with Gasteiger partial charge in [0.1, 0.15) is 0 Å². The number of rotatable bonds is 9. The van der Waals surface area contributed by atoms with E-state index in [1.54, 1.807) is 11.1 Å². The molecule has 2 heterocycles.